The molecule has 1 aromatic carbocycles. The largest absolute Gasteiger partial charge is 0.411 e. The molecule has 0 aliphatic heterocycles. The molecule has 1 aromatic heterocycles. The second kappa shape index (κ2) is 8.71. The molecule has 0 aliphatic carbocycles. The summed E-state index contributed by atoms with van der Waals surface area (Å²) < 4.78 is 5.73. The van der Waals surface area contributed by atoms with Crippen molar-refractivity contribution in [2.75, 3.05) is 0 Å². The van der Waals surface area contributed by atoms with Crippen LogP contribution in [0.5, 0.6) is 0 Å². The Hall–Kier alpha value is -1.82. The summed E-state index contributed by atoms with van der Waals surface area (Å²) in [4.78, 5) is 12.2. The smallest absolute Gasteiger partial charge is 0.277 e. The lowest BCUT2D eigenvalue weighted by molar-refractivity contribution is -0.120. The van der Waals surface area contributed by atoms with Crippen LogP contribution in [0, 0.1) is 0 Å². The lowest BCUT2D eigenvalue weighted by Gasteiger charge is -2.18. The van der Waals surface area contributed by atoms with E-state index in [2.05, 4.69) is 55.3 Å². The number of hydrogen-bond donors (Lipinski definition) is 1. The Bertz CT molecular complexity index is 719. The maximum Gasteiger partial charge on any atom is 0.277 e. The van der Waals surface area contributed by atoms with Gasteiger partial charge in [-0.15, -0.1) is 10.2 Å². The van der Waals surface area contributed by atoms with Crippen molar-refractivity contribution in [3.05, 3.63) is 29.8 Å². The van der Waals surface area contributed by atoms with E-state index in [0.717, 1.165) is 18.4 Å². The number of nitrogens with one attached hydrogen (secondary N) is 1. The fourth-order valence-electron chi connectivity index (χ4n) is 2.56. The molecule has 0 radical (unpaired) electrons. The second-order valence-electron chi connectivity index (χ2n) is 7.66. The number of amides is 1. The van der Waals surface area contributed by atoms with Gasteiger partial charge in [-0.3, -0.25) is 4.79 Å². The van der Waals surface area contributed by atoms with Crippen molar-refractivity contribution in [1.29, 1.82) is 0 Å². The Morgan fingerprint density at radius 2 is 1.85 bits per heavy atom. The van der Waals surface area contributed by atoms with E-state index < -0.39 is 0 Å². The predicted octanol–water partition coefficient (Wildman–Crippen LogP) is 4.82. The molecule has 0 saturated carbocycles. The summed E-state index contributed by atoms with van der Waals surface area (Å²) in [7, 11) is 0. The first-order valence-corrected chi connectivity index (χ1v) is 10.00. The molecule has 0 spiro atoms. The molecule has 2 atom stereocenters. The second-order valence-corrected chi connectivity index (χ2v) is 8.95. The van der Waals surface area contributed by atoms with Crippen LogP contribution < -0.4 is 5.32 Å². The average Bonchev–Trinajstić information content (AvgIpc) is 3.02. The van der Waals surface area contributed by atoms with Crippen molar-refractivity contribution in [2.45, 2.75) is 76.3 Å². The minimum Gasteiger partial charge on any atom is -0.411 e. The van der Waals surface area contributed by atoms with E-state index in [1.54, 1.807) is 0 Å². The van der Waals surface area contributed by atoms with Crippen LogP contribution in [0.4, 0.5) is 0 Å². The van der Waals surface area contributed by atoms with E-state index in [-0.39, 0.29) is 22.6 Å². The van der Waals surface area contributed by atoms with E-state index in [0.29, 0.717) is 11.1 Å². The molecule has 6 heteroatoms. The van der Waals surface area contributed by atoms with E-state index in [1.165, 1.54) is 17.3 Å². The highest BCUT2D eigenvalue weighted by Crippen LogP contribution is 2.28. The highest BCUT2D eigenvalue weighted by molar-refractivity contribution is 8.00. The molecule has 1 amide bonds. The third kappa shape index (κ3) is 5.59. The summed E-state index contributed by atoms with van der Waals surface area (Å²) >= 11 is 1.28. The molecule has 2 unspecified atom stereocenters. The molecule has 26 heavy (non-hydrogen) atoms. The molecule has 142 valence electrons. The molecule has 2 aromatic rings. The minimum atomic E-state index is -0.286. The zero-order valence-corrected chi connectivity index (χ0v) is 17.3. The van der Waals surface area contributed by atoms with Crippen molar-refractivity contribution >= 4 is 17.7 Å². The third-order valence-corrected chi connectivity index (χ3v) is 5.10. The zero-order valence-electron chi connectivity index (χ0n) is 16.5. The van der Waals surface area contributed by atoms with E-state index >= 15 is 0 Å². The molecule has 0 saturated heterocycles. The number of carbonyl (C=O) groups is 1. The van der Waals surface area contributed by atoms with Crippen molar-refractivity contribution in [3.8, 4) is 11.5 Å². The summed E-state index contributed by atoms with van der Waals surface area (Å²) in [5.74, 6) is 0.463. The van der Waals surface area contributed by atoms with Gasteiger partial charge in [-0.2, -0.15) is 0 Å². The summed E-state index contributed by atoms with van der Waals surface area (Å²) in [6.07, 6.45) is 2.02. The molecule has 1 N–H and O–H groups in total. The standard InChI is InChI=1S/C20H29N3O2S/c1-7-8-13(2)21-17(24)14(3)26-19-23-22-18(25-19)15-9-11-16(12-10-15)20(4,5)6/h9-14H,7-8H2,1-6H3,(H,21,24). The first-order valence-electron chi connectivity index (χ1n) is 9.12. The third-order valence-electron chi connectivity index (χ3n) is 4.16. The van der Waals surface area contributed by atoms with Crippen LogP contribution in [0.3, 0.4) is 0 Å². The maximum atomic E-state index is 12.2. The lowest BCUT2D eigenvalue weighted by Crippen LogP contribution is -2.37. The summed E-state index contributed by atoms with van der Waals surface area (Å²) in [6.45, 7) is 12.5. The number of rotatable bonds is 7. The summed E-state index contributed by atoms with van der Waals surface area (Å²) in [5, 5.41) is 11.3. The SMILES string of the molecule is CCCC(C)NC(=O)C(C)Sc1nnc(-c2ccc(C(C)(C)C)cc2)o1. The van der Waals surface area contributed by atoms with Gasteiger partial charge in [0.05, 0.1) is 5.25 Å². The minimum absolute atomic E-state index is 0.00905. The topological polar surface area (TPSA) is 68.0 Å². The number of aromatic nitrogens is 2. The molecular weight excluding hydrogens is 346 g/mol. The van der Waals surface area contributed by atoms with Gasteiger partial charge in [-0.1, -0.05) is 58.0 Å². The van der Waals surface area contributed by atoms with Gasteiger partial charge in [0.1, 0.15) is 0 Å². The fraction of sp³-hybridized carbons (Fsp3) is 0.550. The Morgan fingerprint density at radius 3 is 2.42 bits per heavy atom. The fourth-order valence-corrected chi connectivity index (χ4v) is 3.25. The Kier molecular flexibility index (Phi) is 6.87. The predicted molar refractivity (Wildman–Crippen MR) is 106 cm³/mol. The molecule has 0 bridgehead atoms. The van der Waals surface area contributed by atoms with Crippen LogP contribution in [0.1, 0.15) is 59.9 Å². The van der Waals surface area contributed by atoms with Crippen molar-refractivity contribution in [3.63, 3.8) is 0 Å². The number of thioether (sulfide) groups is 1. The number of nitrogens with zero attached hydrogens (tertiary/aromatic N) is 2. The van der Waals surface area contributed by atoms with Gasteiger partial charge in [-0.05, 0) is 43.4 Å². The lowest BCUT2D eigenvalue weighted by atomic mass is 9.87. The van der Waals surface area contributed by atoms with Gasteiger partial charge in [0, 0.05) is 11.6 Å². The van der Waals surface area contributed by atoms with Crippen LogP contribution in [0.15, 0.2) is 33.9 Å². The number of hydrogen-bond acceptors (Lipinski definition) is 5. The molecule has 0 fully saturated rings. The molecule has 0 aliphatic rings. The summed E-state index contributed by atoms with van der Waals surface area (Å²) in [6, 6.07) is 8.32. The number of carbonyl (C=O) groups excluding carboxylic acids is 1. The van der Waals surface area contributed by atoms with Crippen LogP contribution >= 0.6 is 11.8 Å². The maximum absolute atomic E-state index is 12.2. The van der Waals surface area contributed by atoms with E-state index in [1.807, 2.05) is 26.0 Å². The first kappa shape index (κ1) is 20.5. The number of benzene rings is 1. The van der Waals surface area contributed by atoms with Gasteiger partial charge in [0.2, 0.25) is 11.8 Å². The zero-order chi connectivity index (χ0) is 19.3. The van der Waals surface area contributed by atoms with Crippen LogP contribution in [-0.2, 0) is 10.2 Å². The highest BCUT2D eigenvalue weighted by atomic mass is 32.2. The van der Waals surface area contributed by atoms with Crippen molar-refractivity contribution in [1.82, 2.24) is 15.5 Å². The average molecular weight is 376 g/mol. The van der Waals surface area contributed by atoms with Gasteiger partial charge in [0.15, 0.2) is 0 Å². The van der Waals surface area contributed by atoms with Gasteiger partial charge in [-0.25, -0.2) is 0 Å². The van der Waals surface area contributed by atoms with Crippen molar-refractivity contribution in [2.24, 2.45) is 0 Å². The molecule has 5 nitrogen and oxygen atoms in total. The summed E-state index contributed by atoms with van der Waals surface area (Å²) in [5.41, 5.74) is 2.24. The molecular formula is C20H29N3O2S. The van der Waals surface area contributed by atoms with Crippen LogP contribution in [-0.4, -0.2) is 27.4 Å². The van der Waals surface area contributed by atoms with Gasteiger partial charge < -0.3 is 9.73 Å². The monoisotopic (exact) mass is 375 g/mol. The van der Waals surface area contributed by atoms with Gasteiger partial charge in [0.25, 0.3) is 5.22 Å². The Labute approximate surface area is 160 Å². The first-order chi connectivity index (χ1) is 12.2. The van der Waals surface area contributed by atoms with E-state index in [9.17, 15) is 4.79 Å². The van der Waals surface area contributed by atoms with Crippen LogP contribution in [0.25, 0.3) is 11.5 Å². The Morgan fingerprint density at radius 1 is 1.19 bits per heavy atom. The van der Waals surface area contributed by atoms with Crippen LogP contribution in [0.2, 0.25) is 0 Å². The normalized spacial score (nSPS) is 14.1. The van der Waals surface area contributed by atoms with Crippen molar-refractivity contribution < 1.29 is 9.21 Å². The molecule has 1 heterocycles. The Balaban J connectivity index is 2.00. The van der Waals surface area contributed by atoms with E-state index in [4.69, 9.17) is 4.42 Å². The highest BCUT2D eigenvalue weighted by Gasteiger charge is 2.20. The quantitative estimate of drug-likeness (QED) is 0.703. The molecule has 2 rings (SSSR count). The van der Waals surface area contributed by atoms with Gasteiger partial charge >= 0.3 is 0 Å².